The number of hydrogen-bond acceptors (Lipinski definition) is 2. The molecule has 3 heteroatoms. The average Bonchev–Trinajstić information content (AvgIpc) is 2.72. The van der Waals surface area contributed by atoms with Gasteiger partial charge in [0.25, 0.3) is 0 Å². The maximum Gasteiger partial charge on any atom is 0.313 e. The van der Waals surface area contributed by atoms with Crippen LogP contribution < -0.4 is 0 Å². The molecule has 2 nitrogen and oxygen atoms in total. The van der Waals surface area contributed by atoms with Crippen molar-refractivity contribution in [3.05, 3.63) is 47.9 Å². The van der Waals surface area contributed by atoms with Crippen molar-refractivity contribution in [1.29, 1.82) is 0 Å². The third-order valence-corrected chi connectivity index (χ3v) is 4.07. The van der Waals surface area contributed by atoms with Gasteiger partial charge >= 0.3 is 5.97 Å². The number of benzene rings is 1. The largest absolute Gasteiger partial charge is 0.481 e. The molecule has 0 amide bonds. The maximum absolute atomic E-state index is 11.2. The van der Waals surface area contributed by atoms with Crippen LogP contribution in [0.15, 0.2) is 42.3 Å². The molecule has 1 unspecified atom stereocenters. The Morgan fingerprint density at radius 1 is 1.53 bits per heavy atom. The summed E-state index contributed by atoms with van der Waals surface area (Å²) in [4.78, 5) is 11.2. The van der Waals surface area contributed by atoms with Crippen LogP contribution in [0, 0.1) is 5.41 Å². The molecular formula is C14H14O2S. The van der Waals surface area contributed by atoms with Crippen molar-refractivity contribution in [2.24, 2.45) is 5.41 Å². The number of rotatable bonds is 4. The molecule has 0 saturated heterocycles. The summed E-state index contributed by atoms with van der Waals surface area (Å²) in [5, 5.41) is 12.4. The van der Waals surface area contributed by atoms with E-state index in [0.717, 1.165) is 10.9 Å². The van der Waals surface area contributed by atoms with Crippen molar-refractivity contribution in [1.82, 2.24) is 0 Å². The normalized spacial score (nSPS) is 14.4. The number of carboxylic acids is 1. The molecule has 0 spiro atoms. The zero-order chi connectivity index (χ0) is 12.5. The van der Waals surface area contributed by atoms with E-state index in [0.29, 0.717) is 6.42 Å². The minimum absolute atomic E-state index is 0.482. The summed E-state index contributed by atoms with van der Waals surface area (Å²) in [5.74, 6) is -0.831. The van der Waals surface area contributed by atoms with Crippen LogP contribution in [0.1, 0.15) is 12.5 Å². The van der Waals surface area contributed by atoms with Crippen LogP contribution in [0.5, 0.6) is 0 Å². The third-order valence-electron chi connectivity index (χ3n) is 3.06. The minimum Gasteiger partial charge on any atom is -0.481 e. The van der Waals surface area contributed by atoms with Gasteiger partial charge in [-0.1, -0.05) is 24.3 Å². The number of fused-ring (bicyclic) bond motifs is 1. The van der Waals surface area contributed by atoms with Crippen LogP contribution in [-0.4, -0.2) is 11.1 Å². The SMILES string of the molecule is C=CC(C)(Cc1csc2ccccc12)C(=O)O. The predicted octanol–water partition coefficient (Wildman–Crippen LogP) is 3.72. The van der Waals surface area contributed by atoms with E-state index in [1.807, 2.05) is 23.6 Å². The van der Waals surface area contributed by atoms with E-state index in [9.17, 15) is 9.90 Å². The van der Waals surface area contributed by atoms with Crippen molar-refractivity contribution in [3.8, 4) is 0 Å². The molecular weight excluding hydrogens is 232 g/mol. The molecule has 1 N–H and O–H groups in total. The smallest absolute Gasteiger partial charge is 0.313 e. The zero-order valence-electron chi connectivity index (χ0n) is 9.64. The molecule has 17 heavy (non-hydrogen) atoms. The summed E-state index contributed by atoms with van der Waals surface area (Å²) >= 11 is 1.65. The van der Waals surface area contributed by atoms with Crippen LogP contribution in [0.2, 0.25) is 0 Å². The van der Waals surface area contributed by atoms with Gasteiger partial charge in [0, 0.05) is 4.70 Å². The highest BCUT2D eigenvalue weighted by Crippen LogP contribution is 2.32. The van der Waals surface area contributed by atoms with Crippen molar-refractivity contribution < 1.29 is 9.90 Å². The lowest BCUT2D eigenvalue weighted by Gasteiger charge is -2.19. The van der Waals surface area contributed by atoms with Gasteiger partial charge in [0.2, 0.25) is 0 Å². The first-order valence-corrected chi connectivity index (χ1v) is 6.27. The Balaban J connectivity index is 2.42. The molecule has 2 aromatic rings. The Morgan fingerprint density at radius 2 is 2.24 bits per heavy atom. The number of thiophene rings is 1. The zero-order valence-corrected chi connectivity index (χ0v) is 10.5. The third kappa shape index (κ3) is 2.11. The molecule has 88 valence electrons. The Hall–Kier alpha value is -1.61. The Kier molecular flexibility index (Phi) is 3.03. The Bertz CT molecular complexity index is 570. The van der Waals surface area contributed by atoms with Crippen LogP contribution in [0.25, 0.3) is 10.1 Å². The predicted molar refractivity (Wildman–Crippen MR) is 71.5 cm³/mol. The molecule has 1 heterocycles. The summed E-state index contributed by atoms with van der Waals surface area (Å²) in [6.45, 7) is 5.34. The van der Waals surface area contributed by atoms with Crippen molar-refractivity contribution in [2.75, 3.05) is 0 Å². The number of aliphatic carboxylic acids is 1. The van der Waals surface area contributed by atoms with Gasteiger partial charge in [0.1, 0.15) is 0 Å². The highest BCUT2D eigenvalue weighted by molar-refractivity contribution is 7.17. The van der Waals surface area contributed by atoms with Crippen molar-refractivity contribution >= 4 is 27.4 Å². The molecule has 1 aromatic heterocycles. The Morgan fingerprint density at radius 3 is 2.88 bits per heavy atom. The van der Waals surface area contributed by atoms with Gasteiger partial charge in [-0.05, 0) is 35.7 Å². The first-order chi connectivity index (χ1) is 8.07. The average molecular weight is 246 g/mol. The summed E-state index contributed by atoms with van der Waals surface area (Å²) in [6, 6.07) is 8.05. The van der Waals surface area contributed by atoms with E-state index in [2.05, 4.69) is 12.6 Å². The summed E-state index contributed by atoms with van der Waals surface area (Å²) in [6.07, 6.45) is 2.00. The molecule has 1 atom stereocenters. The van der Waals surface area contributed by atoms with Crippen molar-refractivity contribution in [2.45, 2.75) is 13.3 Å². The Labute approximate surface area is 104 Å². The van der Waals surface area contributed by atoms with E-state index in [4.69, 9.17) is 0 Å². The fraction of sp³-hybridized carbons (Fsp3) is 0.214. The van der Waals surface area contributed by atoms with Crippen LogP contribution in [0.3, 0.4) is 0 Å². The molecule has 0 bridgehead atoms. The standard InChI is InChI=1S/C14H14O2S/c1-3-14(2,13(15)16)8-10-9-17-12-7-5-4-6-11(10)12/h3-7,9H,1,8H2,2H3,(H,15,16). The van der Waals surface area contributed by atoms with Crippen LogP contribution in [-0.2, 0) is 11.2 Å². The topological polar surface area (TPSA) is 37.3 Å². The second-order valence-corrected chi connectivity index (χ2v) is 5.27. The van der Waals surface area contributed by atoms with Gasteiger partial charge in [-0.25, -0.2) is 0 Å². The first-order valence-electron chi connectivity index (χ1n) is 5.39. The molecule has 2 rings (SSSR count). The van der Waals surface area contributed by atoms with E-state index in [-0.39, 0.29) is 0 Å². The number of hydrogen-bond donors (Lipinski definition) is 1. The molecule has 0 saturated carbocycles. The van der Waals surface area contributed by atoms with Gasteiger partial charge in [-0.15, -0.1) is 17.9 Å². The first kappa shape index (κ1) is 11.9. The second kappa shape index (κ2) is 4.34. The van der Waals surface area contributed by atoms with Gasteiger partial charge in [0.05, 0.1) is 5.41 Å². The molecule has 0 fully saturated rings. The molecule has 0 aliphatic heterocycles. The fourth-order valence-electron chi connectivity index (χ4n) is 1.80. The maximum atomic E-state index is 11.2. The van der Waals surface area contributed by atoms with Gasteiger partial charge in [-0.3, -0.25) is 4.79 Å². The van der Waals surface area contributed by atoms with E-state index in [1.54, 1.807) is 18.3 Å². The van der Waals surface area contributed by atoms with E-state index >= 15 is 0 Å². The van der Waals surface area contributed by atoms with Crippen LogP contribution in [0.4, 0.5) is 0 Å². The second-order valence-electron chi connectivity index (χ2n) is 4.36. The van der Waals surface area contributed by atoms with Gasteiger partial charge < -0.3 is 5.11 Å². The monoisotopic (exact) mass is 246 g/mol. The number of carbonyl (C=O) groups is 1. The minimum atomic E-state index is -0.899. The summed E-state index contributed by atoms with van der Waals surface area (Å²) in [7, 11) is 0. The van der Waals surface area contributed by atoms with E-state index in [1.165, 1.54) is 10.8 Å². The summed E-state index contributed by atoms with van der Waals surface area (Å²) < 4.78 is 1.19. The molecule has 0 radical (unpaired) electrons. The highest BCUT2D eigenvalue weighted by atomic mass is 32.1. The molecule has 0 aliphatic rings. The summed E-state index contributed by atoms with van der Waals surface area (Å²) in [5.41, 5.74) is 0.180. The lowest BCUT2D eigenvalue weighted by atomic mass is 9.84. The lowest BCUT2D eigenvalue weighted by Crippen LogP contribution is -2.27. The molecule has 1 aromatic carbocycles. The highest BCUT2D eigenvalue weighted by Gasteiger charge is 2.30. The quantitative estimate of drug-likeness (QED) is 0.835. The van der Waals surface area contributed by atoms with Crippen LogP contribution >= 0.6 is 11.3 Å². The van der Waals surface area contributed by atoms with Crippen molar-refractivity contribution in [3.63, 3.8) is 0 Å². The van der Waals surface area contributed by atoms with Gasteiger partial charge in [-0.2, -0.15) is 0 Å². The molecule has 0 aliphatic carbocycles. The lowest BCUT2D eigenvalue weighted by molar-refractivity contribution is -0.145. The number of carboxylic acid groups (broad SMARTS) is 1. The van der Waals surface area contributed by atoms with Gasteiger partial charge in [0.15, 0.2) is 0 Å². The fourth-order valence-corrected chi connectivity index (χ4v) is 2.76. The van der Waals surface area contributed by atoms with E-state index < -0.39 is 11.4 Å².